The van der Waals surface area contributed by atoms with Crippen molar-refractivity contribution in [3.63, 3.8) is 0 Å². The van der Waals surface area contributed by atoms with Gasteiger partial charge in [-0.05, 0) is 67.7 Å². The van der Waals surface area contributed by atoms with Crippen LogP contribution in [0.15, 0.2) is 41.2 Å². The average molecular weight is 553 g/mol. The Kier molecular flexibility index (Phi) is 5.51. The molecule has 2 aromatic carbocycles. The number of primary amides is 1. The van der Waals surface area contributed by atoms with Crippen LogP contribution < -0.4 is 15.2 Å². The van der Waals surface area contributed by atoms with Crippen molar-refractivity contribution in [2.24, 2.45) is 17.6 Å². The molecule has 2 aromatic rings. The van der Waals surface area contributed by atoms with Gasteiger partial charge in [0.1, 0.15) is 17.1 Å². The van der Waals surface area contributed by atoms with Crippen LogP contribution >= 0.6 is 0 Å². The Bertz CT molecular complexity index is 1610. The third-order valence-corrected chi connectivity index (χ3v) is 8.36. The Morgan fingerprint density at radius 1 is 1.12 bits per heavy atom. The molecule has 208 valence electrons. The van der Waals surface area contributed by atoms with Gasteiger partial charge in [-0.3, -0.25) is 19.3 Å². The van der Waals surface area contributed by atoms with Crippen molar-refractivity contribution in [1.82, 2.24) is 4.90 Å². The van der Waals surface area contributed by atoms with E-state index in [0.29, 0.717) is 28.2 Å². The summed E-state index contributed by atoms with van der Waals surface area (Å²) in [7, 11) is 3.04. The lowest BCUT2D eigenvalue weighted by atomic mass is 9.57. The van der Waals surface area contributed by atoms with E-state index in [4.69, 9.17) is 15.2 Å². The van der Waals surface area contributed by atoms with E-state index < -0.39 is 69.6 Å². The van der Waals surface area contributed by atoms with Crippen molar-refractivity contribution in [3.8, 4) is 28.4 Å². The number of Topliss-reactive ketones (excluding diaryl/α,β-unsaturated/α-hetero) is 2. The van der Waals surface area contributed by atoms with E-state index in [2.05, 4.69) is 0 Å². The van der Waals surface area contributed by atoms with E-state index in [-0.39, 0.29) is 30.8 Å². The molecule has 40 heavy (non-hydrogen) atoms. The van der Waals surface area contributed by atoms with Gasteiger partial charge in [0.15, 0.2) is 34.5 Å². The topological polar surface area (TPSA) is 180 Å². The molecule has 0 unspecified atom stereocenters. The largest absolute Gasteiger partial charge is 0.508 e. The third-order valence-electron chi connectivity index (χ3n) is 8.36. The van der Waals surface area contributed by atoms with Gasteiger partial charge >= 0.3 is 0 Å². The number of amides is 1. The molecule has 0 spiro atoms. The van der Waals surface area contributed by atoms with Crippen molar-refractivity contribution in [2.75, 3.05) is 20.9 Å². The van der Waals surface area contributed by atoms with Gasteiger partial charge in [-0.2, -0.15) is 0 Å². The molecule has 4 aliphatic rings. The zero-order chi connectivity index (χ0) is 28.8. The zero-order valence-corrected chi connectivity index (χ0v) is 21.4. The highest BCUT2D eigenvalue weighted by molar-refractivity contribution is 6.24. The van der Waals surface area contributed by atoms with Crippen LogP contribution in [-0.2, 0) is 20.8 Å². The number of aromatic hydroxyl groups is 1. The number of halogens is 1. The zero-order valence-electron chi connectivity index (χ0n) is 21.4. The van der Waals surface area contributed by atoms with Gasteiger partial charge in [0, 0.05) is 11.5 Å². The van der Waals surface area contributed by atoms with Crippen molar-refractivity contribution < 1.29 is 48.7 Å². The van der Waals surface area contributed by atoms with Crippen molar-refractivity contribution >= 4 is 23.2 Å². The van der Waals surface area contributed by atoms with Crippen LogP contribution in [0, 0.1) is 17.7 Å². The number of hydrogen-bond donors (Lipinski definition) is 5. The molecule has 1 amide bonds. The van der Waals surface area contributed by atoms with Crippen molar-refractivity contribution in [1.29, 1.82) is 0 Å². The van der Waals surface area contributed by atoms with Crippen LogP contribution in [0.4, 0.5) is 4.39 Å². The molecule has 0 saturated heterocycles. The second kappa shape index (κ2) is 8.54. The number of likely N-dealkylation sites (N-methyl/N-ethyl adjacent to an activating group) is 1. The lowest BCUT2D eigenvalue weighted by Gasteiger charge is -2.50. The molecule has 0 bridgehead atoms. The van der Waals surface area contributed by atoms with E-state index in [1.54, 1.807) is 18.2 Å². The maximum Gasteiger partial charge on any atom is 0.255 e. The second-order valence-electron chi connectivity index (χ2n) is 10.6. The summed E-state index contributed by atoms with van der Waals surface area (Å²) in [5, 5.41) is 44.6. The van der Waals surface area contributed by atoms with Crippen LogP contribution in [0.1, 0.15) is 17.5 Å². The summed E-state index contributed by atoms with van der Waals surface area (Å²) >= 11 is 0. The lowest BCUT2D eigenvalue weighted by molar-refractivity contribution is -0.153. The molecule has 11 nitrogen and oxygen atoms in total. The van der Waals surface area contributed by atoms with Crippen LogP contribution in [0.5, 0.6) is 17.2 Å². The number of rotatable bonds is 3. The number of carbonyl (C=O) groups is 3. The van der Waals surface area contributed by atoms with E-state index in [0.717, 1.165) is 6.07 Å². The predicted octanol–water partition coefficient (Wildman–Crippen LogP) is 1.50. The molecule has 6 N–H and O–H groups in total. The molecule has 1 heterocycles. The maximum absolute atomic E-state index is 15.0. The Hall–Kier alpha value is -4.42. The first-order valence-corrected chi connectivity index (χ1v) is 12.5. The minimum absolute atomic E-state index is 0.0200. The summed E-state index contributed by atoms with van der Waals surface area (Å²) in [5.41, 5.74) is 2.13. The standard InChI is InChI=1S/C28H25FN2O9/c1-31(2)21-14-6-11-5-13-12(10-3-4-16-17(7-10)40-9-39-16)8-15(29)22(32)19(13)23(33)18(11)25(35)28(14,38)26(36)20(24(21)34)27(30)37/h3-4,7-8,11,14,21,32-33,36,38H,5-6,9H2,1-2H3,(H2,30,37)/t11-,14-,21-,28-/m0/s1. The third kappa shape index (κ3) is 3.26. The lowest BCUT2D eigenvalue weighted by Crippen LogP contribution is -2.65. The monoisotopic (exact) mass is 552 g/mol. The maximum atomic E-state index is 15.0. The molecule has 1 saturated carbocycles. The number of benzene rings is 2. The number of nitrogens with two attached hydrogens (primary N) is 1. The summed E-state index contributed by atoms with van der Waals surface area (Å²) in [6, 6.07) is 4.85. The van der Waals surface area contributed by atoms with Crippen LogP contribution in [0.25, 0.3) is 16.9 Å². The summed E-state index contributed by atoms with van der Waals surface area (Å²) < 4.78 is 25.8. The first-order chi connectivity index (χ1) is 18.9. The van der Waals surface area contributed by atoms with Crippen LogP contribution in [-0.4, -0.2) is 75.3 Å². The molecule has 3 aliphatic carbocycles. The molecule has 6 rings (SSSR count). The fourth-order valence-electron chi connectivity index (χ4n) is 6.60. The summed E-state index contributed by atoms with van der Waals surface area (Å²) in [6.07, 6.45) is -0.0589. The first kappa shape index (κ1) is 25.8. The van der Waals surface area contributed by atoms with Gasteiger partial charge in [0.25, 0.3) is 5.91 Å². The molecular weight excluding hydrogens is 527 g/mol. The Morgan fingerprint density at radius 3 is 2.50 bits per heavy atom. The van der Waals surface area contributed by atoms with Gasteiger partial charge in [-0.15, -0.1) is 0 Å². The molecule has 4 atom stereocenters. The van der Waals surface area contributed by atoms with Crippen molar-refractivity contribution in [3.05, 3.63) is 58.1 Å². The summed E-state index contributed by atoms with van der Waals surface area (Å²) in [6.45, 7) is 0.0206. The first-order valence-electron chi connectivity index (χ1n) is 12.5. The van der Waals surface area contributed by atoms with Gasteiger partial charge in [-0.25, -0.2) is 4.39 Å². The highest BCUT2D eigenvalue weighted by Gasteiger charge is 2.64. The smallest absolute Gasteiger partial charge is 0.255 e. The number of carbonyl (C=O) groups excluding carboxylic acids is 3. The number of fused-ring (bicyclic) bond motifs is 4. The summed E-state index contributed by atoms with van der Waals surface area (Å²) in [5.74, 6) is -8.32. The van der Waals surface area contributed by atoms with Crippen molar-refractivity contribution in [2.45, 2.75) is 24.5 Å². The van der Waals surface area contributed by atoms with Gasteiger partial charge < -0.3 is 35.6 Å². The highest BCUT2D eigenvalue weighted by Crippen LogP contribution is 2.54. The molecule has 0 aromatic heterocycles. The molecule has 1 fully saturated rings. The van der Waals surface area contributed by atoms with E-state index in [1.807, 2.05) is 0 Å². The Morgan fingerprint density at radius 2 is 1.82 bits per heavy atom. The van der Waals surface area contributed by atoms with Gasteiger partial charge in [0.05, 0.1) is 11.6 Å². The molecule has 12 heteroatoms. The molecule has 0 radical (unpaired) electrons. The quantitative estimate of drug-likeness (QED) is 0.350. The van der Waals surface area contributed by atoms with Gasteiger partial charge in [0.2, 0.25) is 12.6 Å². The fraction of sp³-hybridized carbons (Fsp3) is 0.321. The van der Waals surface area contributed by atoms with E-state index in [9.17, 15) is 34.8 Å². The number of ketones is 2. The SMILES string of the molecule is CN(C)[C@@H]1C(=O)C(C(N)=O)=C(O)[C@@]2(O)C(=O)C3=C(O)c4c(O)c(F)cc(-c5ccc6c(c5)OCO6)c4C[C@H]3C[C@@H]12. The second-order valence-corrected chi connectivity index (χ2v) is 10.6. The number of aliphatic hydroxyl groups excluding tert-OH is 2. The number of hydrogen-bond acceptors (Lipinski definition) is 10. The number of phenols is 1. The normalized spacial score (nSPS) is 27.1. The fourth-order valence-corrected chi connectivity index (χ4v) is 6.60. The van der Waals surface area contributed by atoms with E-state index >= 15 is 4.39 Å². The Balaban J connectivity index is 1.57. The minimum Gasteiger partial charge on any atom is -0.508 e. The number of phenolic OH excluding ortho intramolecular Hbond substituents is 1. The molecule has 1 aliphatic heterocycles. The predicted molar refractivity (Wildman–Crippen MR) is 136 cm³/mol. The van der Waals surface area contributed by atoms with Gasteiger partial charge in [-0.1, -0.05) is 6.07 Å². The average Bonchev–Trinajstić information content (AvgIpc) is 3.36. The molecular formula is C28H25FN2O9. The van der Waals surface area contributed by atoms with Crippen LogP contribution in [0.3, 0.4) is 0 Å². The number of aliphatic hydroxyl groups is 3. The Labute approximate surface area is 226 Å². The summed E-state index contributed by atoms with van der Waals surface area (Å²) in [4.78, 5) is 40.7. The van der Waals surface area contributed by atoms with Crippen LogP contribution in [0.2, 0.25) is 0 Å². The highest BCUT2D eigenvalue weighted by atomic mass is 19.1. The minimum atomic E-state index is -2.77. The number of ether oxygens (including phenoxy) is 2. The number of nitrogens with zero attached hydrogens (tertiary/aromatic N) is 1. The van der Waals surface area contributed by atoms with E-state index in [1.165, 1.54) is 19.0 Å².